The Balaban J connectivity index is 3.03. The first-order valence-electron chi connectivity index (χ1n) is 4.24. The fourth-order valence-electron chi connectivity index (χ4n) is 1.75. The second-order valence-electron chi connectivity index (χ2n) is 4.54. The molecule has 0 saturated carbocycles. The van der Waals surface area contributed by atoms with Crippen molar-refractivity contribution in [2.24, 2.45) is 5.41 Å². The van der Waals surface area contributed by atoms with Crippen LogP contribution in [0.15, 0.2) is 0 Å². The largest absolute Gasteiger partial charge is 0.443 e. The van der Waals surface area contributed by atoms with Gasteiger partial charge in [0.25, 0.3) is 5.79 Å². The summed E-state index contributed by atoms with van der Waals surface area (Å²) >= 11 is 0. The van der Waals surface area contributed by atoms with Gasteiger partial charge in [0.1, 0.15) is 0 Å². The van der Waals surface area contributed by atoms with Crippen molar-refractivity contribution in [3.8, 4) is 0 Å². The number of rotatable bonds is 0. The quantitative estimate of drug-likeness (QED) is 0.653. The van der Waals surface area contributed by atoms with E-state index in [0.29, 0.717) is 0 Å². The first kappa shape index (κ1) is 12.6. The minimum atomic E-state index is -5.23. The van der Waals surface area contributed by atoms with Crippen molar-refractivity contribution in [3.63, 3.8) is 0 Å². The van der Waals surface area contributed by atoms with Gasteiger partial charge in [-0.1, -0.05) is 13.8 Å². The van der Waals surface area contributed by atoms with E-state index in [-0.39, 0.29) is 0 Å². The third kappa shape index (κ3) is 2.57. The zero-order valence-corrected chi connectivity index (χ0v) is 8.16. The predicted molar refractivity (Wildman–Crippen MR) is 40.1 cm³/mol. The molecule has 1 aliphatic heterocycles. The molecular formula is C8H11F5O2. The van der Waals surface area contributed by atoms with Gasteiger partial charge in [0.05, 0.1) is 0 Å². The topological polar surface area (TPSA) is 29.5 Å². The second-order valence-corrected chi connectivity index (χ2v) is 4.54. The van der Waals surface area contributed by atoms with E-state index in [1.807, 2.05) is 0 Å². The van der Waals surface area contributed by atoms with Gasteiger partial charge in [0.2, 0.25) is 0 Å². The van der Waals surface area contributed by atoms with E-state index in [4.69, 9.17) is 5.11 Å². The Hall–Kier alpha value is -0.430. The number of hydrogen-bond acceptors (Lipinski definition) is 2. The Kier molecular flexibility index (Phi) is 2.56. The van der Waals surface area contributed by atoms with Crippen LogP contribution < -0.4 is 0 Å². The molecule has 15 heavy (non-hydrogen) atoms. The second kappa shape index (κ2) is 3.04. The van der Waals surface area contributed by atoms with E-state index in [2.05, 4.69) is 4.74 Å². The van der Waals surface area contributed by atoms with E-state index in [1.54, 1.807) is 0 Å². The molecule has 0 radical (unpaired) electrons. The van der Waals surface area contributed by atoms with Crippen LogP contribution in [0.5, 0.6) is 0 Å². The molecule has 1 fully saturated rings. The number of hydrogen-bond donors (Lipinski definition) is 1. The van der Waals surface area contributed by atoms with Crippen molar-refractivity contribution in [2.75, 3.05) is 0 Å². The summed E-state index contributed by atoms with van der Waals surface area (Å²) in [6.07, 6.45) is -10.9. The zero-order chi connectivity index (χ0) is 12.1. The molecule has 1 heterocycles. The molecule has 7 heteroatoms. The van der Waals surface area contributed by atoms with Crippen molar-refractivity contribution in [1.82, 2.24) is 0 Å². The molecule has 90 valence electrons. The Morgan fingerprint density at radius 3 is 1.93 bits per heavy atom. The molecule has 1 N–H and O–H groups in total. The average Bonchev–Trinajstić information content (AvgIpc) is 1.72. The summed E-state index contributed by atoms with van der Waals surface area (Å²) in [6.45, 7) is 2.44. The Labute approximate surface area is 83.0 Å². The molecule has 1 saturated heterocycles. The number of ether oxygens (including phenoxy) is 1. The smallest absolute Gasteiger partial charge is 0.358 e. The summed E-state index contributed by atoms with van der Waals surface area (Å²) < 4.78 is 66.1. The normalized spacial score (nSPS) is 35.2. The SMILES string of the molecule is CC1(C)CC(F)(F)OC(O)(C(F)(F)F)C1. The third-order valence-corrected chi connectivity index (χ3v) is 2.16. The molecule has 1 aliphatic rings. The van der Waals surface area contributed by atoms with Gasteiger partial charge in [-0.3, -0.25) is 4.74 Å². The summed E-state index contributed by atoms with van der Waals surface area (Å²) in [6, 6.07) is 0. The van der Waals surface area contributed by atoms with E-state index in [1.165, 1.54) is 13.8 Å². The van der Waals surface area contributed by atoms with Crippen molar-refractivity contribution in [2.45, 2.75) is 44.8 Å². The van der Waals surface area contributed by atoms with Crippen LogP contribution >= 0.6 is 0 Å². The highest BCUT2D eigenvalue weighted by Gasteiger charge is 2.65. The highest BCUT2D eigenvalue weighted by Crippen LogP contribution is 2.51. The van der Waals surface area contributed by atoms with Gasteiger partial charge in [0, 0.05) is 12.8 Å². The standard InChI is InChI=1S/C8H11F5O2/c1-5(2)3-6(14,8(11,12)13)15-7(9,10)4-5/h14H,3-4H2,1-2H3. The molecule has 2 nitrogen and oxygen atoms in total. The minimum absolute atomic E-state index is 0.849. The van der Waals surface area contributed by atoms with Crippen LogP contribution in [0.4, 0.5) is 22.0 Å². The molecule has 1 unspecified atom stereocenters. The van der Waals surface area contributed by atoms with Crippen molar-refractivity contribution in [1.29, 1.82) is 0 Å². The molecule has 1 atom stereocenters. The molecule has 0 spiro atoms. The van der Waals surface area contributed by atoms with Crippen molar-refractivity contribution < 1.29 is 31.8 Å². The molecule has 1 rings (SSSR count). The van der Waals surface area contributed by atoms with E-state index in [0.717, 1.165) is 0 Å². The molecule has 0 aromatic rings. The fraction of sp³-hybridized carbons (Fsp3) is 1.00. The summed E-state index contributed by atoms with van der Waals surface area (Å²) in [5.41, 5.74) is -1.34. The van der Waals surface area contributed by atoms with Crippen LogP contribution in [0.25, 0.3) is 0 Å². The van der Waals surface area contributed by atoms with Gasteiger partial charge < -0.3 is 5.11 Å². The monoisotopic (exact) mass is 234 g/mol. The maximum Gasteiger partial charge on any atom is 0.443 e. The lowest BCUT2D eigenvalue weighted by Crippen LogP contribution is -2.58. The molecule has 0 bridgehead atoms. The Morgan fingerprint density at radius 2 is 1.60 bits per heavy atom. The summed E-state index contributed by atoms with van der Waals surface area (Å²) in [7, 11) is 0. The number of halogens is 5. The van der Waals surface area contributed by atoms with E-state index >= 15 is 0 Å². The molecule has 0 aromatic heterocycles. The van der Waals surface area contributed by atoms with Crippen LogP contribution in [0, 0.1) is 5.41 Å². The van der Waals surface area contributed by atoms with Gasteiger partial charge in [-0.2, -0.15) is 22.0 Å². The molecule has 0 amide bonds. The Morgan fingerprint density at radius 1 is 1.13 bits per heavy atom. The van der Waals surface area contributed by atoms with E-state index < -0.39 is 36.3 Å². The maximum absolute atomic E-state index is 12.8. The van der Waals surface area contributed by atoms with Crippen LogP contribution in [-0.2, 0) is 4.74 Å². The first-order chi connectivity index (χ1) is 6.37. The zero-order valence-electron chi connectivity index (χ0n) is 8.16. The van der Waals surface area contributed by atoms with Gasteiger partial charge in [-0.15, -0.1) is 0 Å². The van der Waals surface area contributed by atoms with Gasteiger partial charge in [0.15, 0.2) is 0 Å². The lowest BCUT2D eigenvalue weighted by atomic mass is 9.79. The van der Waals surface area contributed by atoms with Crippen LogP contribution in [0.2, 0.25) is 0 Å². The average molecular weight is 234 g/mol. The third-order valence-electron chi connectivity index (χ3n) is 2.16. The lowest BCUT2D eigenvalue weighted by Gasteiger charge is -2.45. The summed E-state index contributed by atoms with van der Waals surface area (Å²) in [5.74, 6) is -3.77. The molecule has 0 aromatic carbocycles. The van der Waals surface area contributed by atoms with Crippen molar-refractivity contribution in [3.05, 3.63) is 0 Å². The van der Waals surface area contributed by atoms with Crippen molar-refractivity contribution >= 4 is 0 Å². The highest BCUT2D eigenvalue weighted by atomic mass is 19.4. The first-order valence-corrected chi connectivity index (χ1v) is 4.24. The lowest BCUT2D eigenvalue weighted by molar-refractivity contribution is -0.464. The molecule has 0 aliphatic carbocycles. The fourth-order valence-corrected chi connectivity index (χ4v) is 1.75. The molecular weight excluding hydrogens is 223 g/mol. The minimum Gasteiger partial charge on any atom is -0.358 e. The highest BCUT2D eigenvalue weighted by molar-refractivity contribution is 4.91. The summed E-state index contributed by atoms with van der Waals surface area (Å²) in [4.78, 5) is 0. The van der Waals surface area contributed by atoms with Gasteiger partial charge >= 0.3 is 12.3 Å². The van der Waals surface area contributed by atoms with Gasteiger partial charge in [-0.25, -0.2) is 0 Å². The summed E-state index contributed by atoms with van der Waals surface area (Å²) in [5, 5.41) is 9.05. The number of alkyl halides is 5. The van der Waals surface area contributed by atoms with Crippen LogP contribution in [-0.4, -0.2) is 23.2 Å². The van der Waals surface area contributed by atoms with Gasteiger partial charge in [-0.05, 0) is 5.41 Å². The predicted octanol–water partition coefficient (Wildman–Crippen LogP) is 2.67. The van der Waals surface area contributed by atoms with E-state index in [9.17, 15) is 22.0 Å². The maximum atomic E-state index is 12.8. The van der Waals surface area contributed by atoms with Crippen LogP contribution in [0.1, 0.15) is 26.7 Å². The van der Waals surface area contributed by atoms with Crippen LogP contribution in [0.3, 0.4) is 0 Å². The number of aliphatic hydroxyl groups is 1. The Bertz CT molecular complexity index is 242.